The third kappa shape index (κ3) is 5.64. The molecule has 35 heavy (non-hydrogen) atoms. The molecule has 1 unspecified atom stereocenters. The predicted octanol–water partition coefficient (Wildman–Crippen LogP) is 4.09. The highest BCUT2D eigenvalue weighted by atomic mass is 19.3. The van der Waals surface area contributed by atoms with Gasteiger partial charge in [0, 0.05) is 32.0 Å². The van der Waals surface area contributed by atoms with Crippen molar-refractivity contribution in [3.05, 3.63) is 77.6 Å². The summed E-state index contributed by atoms with van der Waals surface area (Å²) in [5.74, 6) is -1.16. The molecule has 1 saturated heterocycles. The summed E-state index contributed by atoms with van der Waals surface area (Å²) in [4.78, 5) is 31.3. The number of ether oxygens (including phenoxy) is 1. The molecule has 2 amide bonds. The number of benzene rings is 2. The zero-order chi connectivity index (χ0) is 24.9. The summed E-state index contributed by atoms with van der Waals surface area (Å²) in [6.45, 7) is -0.580. The van der Waals surface area contributed by atoms with Gasteiger partial charge in [-0.3, -0.25) is 9.59 Å². The molecule has 10 heteroatoms. The summed E-state index contributed by atoms with van der Waals surface area (Å²) in [6.07, 6.45) is 4.43. The molecule has 2 aromatic carbocycles. The van der Waals surface area contributed by atoms with Gasteiger partial charge in [-0.2, -0.15) is 8.78 Å². The molecule has 0 bridgehead atoms. The first-order chi connectivity index (χ1) is 16.8. The molecule has 1 atom stereocenters. The molecule has 0 spiro atoms. The Labute approximate surface area is 200 Å². The lowest BCUT2D eigenvalue weighted by molar-refractivity contribution is -0.126. The van der Waals surface area contributed by atoms with Gasteiger partial charge < -0.3 is 19.5 Å². The minimum Gasteiger partial charge on any atom is -0.434 e. The van der Waals surface area contributed by atoms with Crippen LogP contribution in [0.1, 0.15) is 34.6 Å². The van der Waals surface area contributed by atoms with Gasteiger partial charge >= 0.3 is 6.61 Å². The number of imidazole rings is 1. The van der Waals surface area contributed by atoms with E-state index in [9.17, 15) is 22.8 Å². The van der Waals surface area contributed by atoms with Gasteiger partial charge in [-0.05, 0) is 49.6 Å². The number of carbonyl (C=O) groups is 2. The Kier molecular flexibility index (Phi) is 7.38. The summed E-state index contributed by atoms with van der Waals surface area (Å²) < 4.78 is 46.1. The summed E-state index contributed by atoms with van der Waals surface area (Å²) in [5.41, 5.74) is 0.990. The molecular weight excluding hydrogens is 461 g/mol. The highest BCUT2D eigenvalue weighted by molar-refractivity contribution is 5.97. The van der Waals surface area contributed by atoms with Crippen LogP contribution in [-0.2, 0) is 11.3 Å². The lowest BCUT2D eigenvalue weighted by Crippen LogP contribution is -2.45. The summed E-state index contributed by atoms with van der Waals surface area (Å²) in [5, 5.41) is 2.81. The number of nitrogens with one attached hydrogen (secondary N) is 1. The van der Waals surface area contributed by atoms with E-state index < -0.39 is 24.3 Å². The Morgan fingerprint density at radius 1 is 1.23 bits per heavy atom. The quantitative estimate of drug-likeness (QED) is 0.546. The van der Waals surface area contributed by atoms with E-state index in [4.69, 9.17) is 0 Å². The van der Waals surface area contributed by atoms with Gasteiger partial charge in [0.15, 0.2) is 0 Å². The van der Waals surface area contributed by atoms with Crippen molar-refractivity contribution in [3.8, 4) is 11.4 Å². The Morgan fingerprint density at radius 2 is 2.03 bits per heavy atom. The number of halogens is 3. The molecule has 1 aromatic heterocycles. The van der Waals surface area contributed by atoms with Gasteiger partial charge in [0.05, 0.1) is 17.2 Å². The van der Waals surface area contributed by atoms with Crippen LogP contribution in [0.3, 0.4) is 0 Å². The number of aryl methyl sites for hydroxylation is 1. The number of hydrogen-bond acceptors (Lipinski definition) is 4. The van der Waals surface area contributed by atoms with Crippen LogP contribution in [0.15, 0.2) is 54.9 Å². The summed E-state index contributed by atoms with van der Waals surface area (Å²) in [6, 6.07) is 10.5. The predicted molar refractivity (Wildman–Crippen MR) is 122 cm³/mol. The number of alkyl halides is 2. The highest BCUT2D eigenvalue weighted by Crippen LogP contribution is 2.25. The fourth-order valence-electron chi connectivity index (χ4n) is 4.21. The van der Waals surface area contributed by atoms with Gasteiger partial charge in [0.25, 0.3) is 5.91 Å². The lowest BCUT2D eigenvalue weighted by Gasteiger charge is -2.32. The number of carbonyl (C=O) groups excluding carboxylic acids is 2. The van der Waals surface area contributed by atoms with Gasteiger partial charge in [-0.15, -0.1) is 0 Å². The van der Waals surface area contributed by atoms with Crippen molar-refractivity contribution in [2.24, 2.45) is 5.92 Å². The van der Waals surface area contributed by atoms with Crippen molar-refractivity contribution in [1.29, 1.82) is 0 Å². The second-order valence-corrected chi connectivity index (χ2v) is 8.31. The lowest BCUT2D eigenvalue weighted by atomic mass is 9.96. The average Bonchev–Trinajstić information content (AvgIpc) is 3.27. The van der Waals surface area contributed by atoms with Crippen LogP contribution in [-0.4, -0.2) is 46.0 Å². The molecule has 7 nitrogen and oxygen atoms in total. The van der Waals surface area contributed by atoms with E-state index in [-0.39, 0.29) is 30.3 Å². The molecule has 0 radical (unpaired) electrons. The molecule has 4 rings (SSSR count). The van der Waals surface area contributed by atoms with E-state index in [0.29, 0.717) is 36.5 Å². The smallest absolute Gasteiger partial charge is 0.387 e. The number of rotatable bonds is 7. The Hall–Kier alpha value is -3.82. The van der Waals surface area contributed by atoms with Crippen molar-refractivity contribution in [2.75, 3.05) is 13.1 Å². The largest absolute Gasteiger partial charge is 0.434 e. The van der Waals surface area contributed by atoms with E-state index in [2.05, 4.69) is 15.0 Å². The third-order valence-corrected chi connectivity index (χ3v) is 5.98. The summed E-state index contributed by atoms with van der Waals surface area (Å²) >= 11 is 0. The molecule has 184 valence electrons. The number of likely N-dealkylation sites (tertiary alicyclic amines) is 1. The molecule has 0 saturated carbocycles. The maximum Gasteiger partial charge on any atom is 0.387 e. The zero-order valence-electron chi connectivity index (χ0n) is 19.1. The molecule has 1 fully saturated rings. The number of nitrogens with zero attached hydrogens (tertiary/aromatic N) is 3. The van der Waals surface area contributed by atoms with Crippen molar-refractivity contribution in [2.45, 2.75) is 32.9 Å². The van der Waals surface area contributed by atoms with E-state index >= 15 is 0 Å². The zero-order valence-corrected chi connectivity index (χ0v) is 19.1. The standard InChI is InChI=1S/C25H25F3N4O3/c1-16-29-10-12-32(16)21-9-8-17(13-20(21)26)14-30-23(33)18-5-4-11-31(15-18)24(34)19-6-2-3-7-22(19)35-25(27)28/h2-3,6-10,12-13,18,25H,4-5,11,14-15H2,1H3,(H,30,33). The Morgan fingerprint density at radius 3 is 2.74 bits per heavy atom. The van der Waals surface area contributed by atoms with Gasteiger partial charge in [-0.1, -0.05) is 18.2 Å². The van der Waals surface area contributed by atoms with E-state index in [0.717, 1.165) is 0 Å². The molecule has 1 N–H and O–H groups in total. The van der Waals surface area contributed by atoms with Gasteiger partial charge in [-0.25, -0.2) is 9.37 Å². The van der Waals surface area contributed by atoms with Crippen molar-refractivity contribution < 1.29 is 27.5 Å². The van der Waals surface area contributed by atoms with Crippen molar-refractivity contribution in [3.63, 3.8) is 0 Å². The van der Waals surface area contributed by atoms with E-state index in [1.165, 1.54) is 29.2 Å². The van der Waals surface area contributed by atoms with Crippen LogP contribution in [0.5, 0.6) is 5.75 Å². The van der Waals surface area contributed by atoms with Crippen LogP contribution in [0.25, 0.3) is 5.69 Å². The number of aromatic nitrogens is 2. The molecule has 0 aliphatic carbocycles. The van der Waals surface area contributed by atoms with Crippen molar-refractivity contribution >= 4 is 11.8 Å². The average molecular weight is 486 g/mol. The monoisotopic (exact) mass is 486 g/mol. The van der Waals surface area contributed by atoms with E-state index in [1.54, 1.807) is 42.1 Å². The summed E-state index contributed by atoms with van der Waals surface area (Å²) in [7, 11) is 0. The minimum atomic E-state index is -3.05. The van der Waals surface area contributed by atoms with Gasteiger partial charge in [0.1, 0.15) is 17.4 Å². The molecule has 2 heterocycles. The van der Waals surface area contributed by atoms with Crippen LogP contribution < -0.4 is 10.1 Å². The fourth-order valence-corrected chi connectivity index (χ4v) is 4.21. The second kappa shape index (κ2) is 10.6. The number of amides is 2. The minimum absolute atomic E-state index is 0.0255. The molecule has 3 aromatic rings. The van der Waals surface area contributed by atoms with Crippen LogP contribution in [0, 0.1) is 18.7 Å². The first kappa shape index (κ1) is 24.3. The molecule has 1 aliphatic rings. The normalized spacial score (nSPS) is 15.8. The maximum atomic E-state index is 14.6. The number of hydrogen-bond donors (Lipinski definition) is 1. The fraction of sp³-hybridized carbons (Fsp3) is 0.320. The van der Waals surface area contributed by atoms with Gasteiger partial charge in [0.2, 0.25) is 5.91 Å². The number of piperidine rings is 1. The van der Waals surface area contributed by atoms with Crippen LogP contribution in [0.2, 0.25) is 0 Å². The number of para-hydroxylation sites is 1. The Bertz CT molecular complexity index is 1210. The first-order valence-corrected chi connectivity index (χ1v) is 11.2. The second-order valence-electron chi connectivity index (χ2n) is 8.31. The van der Waals surface area contributed by atoms with E-state index in [1.807, 2.05) is 0 Å². The molecular formula is C25H25F3N4O3. The maximum absolute atomic E-state index is 14.6. The Balaban J connectivity index is 1.37. The van der Waals surface area contributed by atoms with Crippen molar-refractivity contribution in [1.82, 2.24) is 19.8 Å². The van der Waals surface area contributed by atoms with Crippen LogP contribution in [0.4, 0.5) is 13.2 Å². The van der Waals surface area contributed by atoms with Crippen LogP contribution >= 0.6 is 0 Å². The third-order valence-electron chi connectivity index (χ3n) is 5.98. The first-order valence-electron chi connectivity index (χ1n) is 11.2. The molecule has 1 aliphatic heterocycles. The highest BCUT2D eigenvalue weighted by Gasteiger charge is 2.30. The topological polar surface area (TPSA) is 76.5 Å². The SMILES string of the molecule is Cc1nccn1-c1ccc(CNC(=O)C2CCCN(C(=O)c3ccccc3OC(F)F)C2)cc1F.